The van der Waals surface area contributed by atoms with Gasteiger partial charge in [-0.3, -0.25) is 4.79 Å². The van der Waals surface area contributed by atoms with E-state index in [0.717, 1.165) is 5.56 Å². The summed E-state index contributed by atoms with van der Waals surface area (Å²) < 4.78 is 23.1. The highest BCUT2D eigenvalue weighted by atomic mass is 79.9. The van der Waals surface area contributed by atoms with E-state index in [1.807, 2.05) is 25.1 Å². The number of nitrogens with zero attached hydrogens (tertiary/aromatic N) is 2. The summed E-state index contributed by atoms with van der Waals surface area (Å²) in [5, 5.41) is 7.37. The van der Waals surface area contributed by atoms with Gasteiger partial charge in [0.05, 0.1) is 31.5 Å². The van der Waals surface area contributed by atoms with Gasteiger partial charge in [-0.25, -0.2) is 14.3 Å². The molecule has 0 saturated heterocycles. The molecule has 0 atom stereocenters. The van der Waals surface area contributed by atoms with Gasteiger partial charge >= 0.3 is 11.9 Å². The monoisotopic (exact) mass is 607 g/mol. The molecule has 11 heteroatoms. The van der Waals surface area contributed by atoms with E-state index < -0.39 is 11.9 Å². The Hall–Kier alpha value is -4.64. The quantitative estimate of drug-likeness (QED) is 0.258. The highest BCUT2D eigenvalue weighted by Crippen LogP contribution is 2.41. The van der Waals surface area contributed by atoms with Gasteiger partial charge in [0, 0.05) is 11.3 Å². The van der Waals surface area contributed by atoms with E-state index in [1.165, 1.54) is 26.0 Å². The van der Waals surface area contributed by atoms with Crippen LogP contribution in [0.15, 0.2) is 71.2 Å². The topological polar surface area (TPSA) is 118 Å². The molecule has 10 nitrogen and oxygen atoms in total. The molecule has 206 valence electrons. The van der Waals surface area contributed by atoms with Crippen LogP contribution in [-0.4, -0.2) is 55.6 Å². The lowest BCUT2D eigenvalue weighted by atomic mass is 10.0. The average molecular weight is 608 g/mol. The number of aromatic nitrogens is 2. The molecule has 1 aromatic heterocycles. The summed E-state index contributed by atoms with van der Waals surface area (Å²) in [4.78, 5) is 38.3. The lowest BCUT2D eigenvalue weighted by molar-refractivity contribution is -0.118. The number of hydrogen-bond donors (Lipinski definition) is 1. The second-order valence-corrected chi connectivity index (χ2v) is 9.35. The summed E-state index contributed by atoms with van der Waals surface area (Å²) >= 11 is 3.47. The van der Waals surface area contributed by atoms with Crippen LogP contribution in [0.5, 0.6) is 11.5 Å². The van der Waals surface area contributed by atoms with Crippen molar-refractivity contribution in [3.8, 4) is 28.4 Å². The first-order chi connectivity index (χ1) is 19.3. The number of hydrogen-bond acceptors (Lipinski definition) is 8. The van der Waals surface area contributed by atoms with Crippen molar-refractivity contribution < 1.29 is 33.3 Å². The minimum Gasteiger partial charge on any atom is -0.493 e. The van der Waals surface area contributed by atoms with Crippen LogP contribution < -0.4 is 14.8 Å². The Labute approximate surface area is 238 Å². The lowest BCUT2D eigenvalue weighted by Crippen LogP contribution is -2.20. The van der Waals surface area contributed by atoms with Crippen molar-refractivity contribution in [1.82, 2.24) is 9.78 Å². The summed E-state index contributed by atoms with van der Waals surface area (Å²) in [6.07, 6.45) is 0. The molecule has 0 aliphatic rings. The molecule has 0 bridgehead atoms. The van der Waals surface area contributed by atoms with Crippen LogP contribution in [0.25, 0.3) is 16.9 Å². The summed E-state index contributed by atoms with van der Waals surface area (Å²) in [6.45, 7) is 1.67. The van der Waals surface area contributed by atoms with Crippen molar-refractivity contribution in [2.24, 2.45) is 0 Å². The molecule has 0 spiro atoms. The van der Waals surface area contributed by atoms with E-state index in [2.05, 4.69) is 26.3 Å². The largest absolute Gasteiger partial charge is 0.493 e. The summed E-state index contributed by atoms with van der Waals surface area (Å²) in [7, 11) is 3.86. The zero-order chi connectivity index (χ0) is 28.8. The SMILES string of the molecule is COC(=O)c1c(-c2cc(Br)c(OCC(=O)Nc3ccc(C)cc3)c(OC)c2)nn(-c2ccccc2)c1C(=O)OC. The van der Waals surface area contributed by atoms with E-state index in [9.17, 15) is 14.4 Å². The van der Waals surface area contributed by atoms with Crippen LogP contribution >= 0.6 is 15.9 Å². The third-order valence-corrected chi connectivity index (χ3v) is 6.43. The molecular formula is C29H26BrN3O7. The third-order valence-electron chi connectivity index (χ3n) is 5.84. The molecule has 1 N–H and O–H groups in total. The van der Waals surface area contributed by atoms with E-state index in [-0.39, 0.29) is 41.0 Å². The highest BCUT2D eigenvalue weighted by Gasteiger charge is 2.32. The fourth-order valence-electron chi connectivity index (χ4n) is 3.93. The Morgan fingerprint density at radius 3 is 2.23 bits per heavy atom. The molecule has 0 aliphatic heterocycles. The number of carbonyl (C=O) groups is 3. The number of carbonyl (C=O) groups excluding carboxylic acids is 3. The van der Waals surface area contributed by atoms with Crippen molar-refractivity contribution in [3.63, 3.8) is 0 Å². The predicted molar refractivity (Wildman–Crippen MR) is 151 cm³/mol. The molecule has 1 amide bonds. The summed E-state index contributed by atoms with van der Waals surface area (Å²) in [6, 6.07) is 19.4. The van der Waals surface area contributed by atoms with Gasteiger partial charge in [0.2, 0.25) is 0 Å². The van der Waals surface area contributed by atoms with Gasteiger partial charge in [-0.15, -0.1) is 0 Å². The zero-order valence-corrected chi connectivity index (χ0v) is 23.8. The molecule has 0 unspecified atom stereocenters. The Balaban J connectivity index is 1.73. The summed E-state index contributed by atoms with van der Waals surface area (Å²) in [5.41, 5.74) is 2.64. The first kappa shape index (κ1) is 28.4. The number of ether oxygens (including phenoxy) is 4. The number of methoxy groups -OCH3 is 3. The molecule has 40 heavy (non-hydrogen) atoms. The number of halogens is 1. The number of para-hydroxylation sites is 1. The minimum absolute atomic E-state index is 0.0849. The molecule has 1 heterocycles. The van der Waals surface area contributed by atoms with Gasteiger partial charge in [-0.05, 0) is 59.3 Å². The second-order valence-electron chi connectivity index (χ2n) is 8.50. The second kappa shape index (κ2) is 12.5. The van der Waals surface area contributed by atoms with Crippen molar-refractivity contribution in [2.45, 2.75) is 6.92 Å². The number of amides is 1. The van der Waals surface area contributed by atoms with Crippen LogP contribution in [-0.2, 0) is 14.3 Å². The van der Waals surface area contributed by atoms with Gasteiger partial charge in [0.25, 0.3) is 5.91 Å². The summed E-state index contributed by atoms with van der Waals surface area (Å²) in [5.74, 6) is -1.38. The van der Waals surface area contributed by atoms with Crippen molar-refractivity contribution in [3.05, 3.63) is 88.0 Å². The maximum Gasteiger partial charge on any atom is 0.357 e. The predicted octanol–water partition coefficient (Wildman–Crippen LogP) is 5.21. The molecule has 3 aromatic carbocycles. The maximum atomic E-state index is 13.0. The van der Waals surface area contributed by atoms with Crippen LogP contribution in [0.2, 0.25) is 0 Å². The maximum absolute atomic E-state index is 13.0. The Bertz CT molecular complexity index is 1550. The molecule has 0 aliphatic carbocycles. The van der Waals surface area contributed by atoms with Gasteiger partial charge in [0.1, 0.15) is 11.3 Å². The smallest absolute Gasteiger partial charge is 0.357 e. The van der Waals surface area contributed by atoms with Crippen molar-refractivity contribution >= 4 is 39.5 Å². The molecule has 4 rings (SSSR count). The first-order valence-corrected chi connectivity index (χ1v) is 12.8. The van der Waals surface area contributed by atoms with E-state index >= 15 is 0 Å². The first-order valence-electron chi connectivity index (χ1n) is 12.0. The van der Waals surface area contributed by atoms with Crippen LogP contribution in [0.3, 0.4) is 0 Å². The number of anilines is 1. The van der Waals surface area contributed by atoms with E-state index in [1.54, 1.807) is 48.5 Å². The van der Waals surface area contributed by atoms with E-state index in [0.29, 0.717) is 21.4 Å². The lowest BCUT2D eigenvalue weighted by Gasteiger charge is -2.14. The molecule has 0 fully saturated rings. The van der Waals surface area contributed by atoms with Crippen LogP contribution in [0.4, 0.5) is 5.69 Å². The number of aryl methyl sites for hydroxylation is 1. The van der Waals surface area contributed by atoms with Crippen molar-refractivity contribution in [1.29, 1.82) is 0 Å². The van der Waals surface area contributed by atoms with Gasteiger partial charge in [0.15, 0.2) is 23.8 Å². The van der Waals surface area contributed by atoms with E-state index in [4.69, 9.17) is 18.9 Å². The van der Waals surface area contributed by atoms with Gasteiger partial charge < -0.3 is 24.3 Å². The zero-order valence-electron chi connectivity index (χ0n) is 22.2. The Morgan fingerprint density at radius 1 is 0.925 bits per heavy atom. The minimum atomic E-state index is -0.777. The fraction of sp³-hybridized carbons (Fsp3) is 0.172. The van der Waals surface area contributed by atoms with Crippen LogP contribution in [0, 0.1) is 6.92 Å². The standard InChI is InChI=1S/C29H26BrN3O7/c1-17-10-12-19(13-11-17)31-23(34)16-40-27-21(30)14-18(15-22(27)37-2)25-24(28(35)38-3)26(29(36)39-4)33(32-25)20-8-6-5-7-9-20/h5-15H,16H2,1-4H3,(H,31,34). The normalized spacial score (nSPS) is 10.5. The van der Waals surface area contributed by atoms with Crippen LogP contribution in [0.1, 0.15) is 26.4 Å². The number of rotatable bonds is 9. The highest BCUT2D eigenvalue weighted by molar-refractivity contribution is 9.10. The van der Waals surface area contributed by atoms with Gasteiger partial charge in [-0.2, -0.15) is 5.10 Å². The van der Waals surface area contributed by atoms with Crippen molar-refractivity contribution in [2.75, 3.05) is 33.3 Å². The molecule has 0 radical (unpaired) electrons. The molecule has 4 aromatic rings. The number of nitrogens with one attached hydrogen (secondary N) is 1. The fourth-order valence-corrected chi connectivity index (χ4v) is 4.48. The third kappa shape index (κ3) is 5.99. The Morgan fingerprint density at radius 2 is 1.60 bits per heavy atom. The molecule has 0 saturated carbocycles. The van der Waals surface area contributed by atoms with Gasteiger partial charge in [-0.1, -0.05) is 35.9 Å². The average Bonchev–Trinajstić information content (AvgIpc) is 3.37. The number of esters is 2. The Kier molecular flexibility index (Phi) is 8.85. The number of benzene rings is 3. The molecular weight excluding hydrogens is 582 g/mol.